The fourth-order valence-corrected chi connectivity index (χ4v) is 2.02. The van der Waals surface area contributed by atoms with Gasteiger partial charge in [0.05, 0.1) is 6.42 Å². The van der Waals surface area contributed by atoms with Crippen LogP contribution in [0.2, 0.25) is 0 Å². The normalized spacial score (nSPS) is 12.5. The van der Waals surface area contributed by atoms with Crippen molar-refractivity contribution in [1.29, 1.82) is 0 Å². The number of halogens is 2. The number of carboxylic acids is 1. The second-order valence-electron chi connectivity index (χ2n) is 2.84. The van der Waals surface area contributed by atoms with E-state index in [-0.39, 0.29) is 12.0 Å². The zero-order valence-electron chi connectivity index (χ0n) is 7.21. The Bertz CT molecular complexity index is 336. The van der Waals surface area contributed by atoms with Crippen molar-refractivity contribution in [2.75, 3.05) is 0 Å². The van der Waals surface area contributed by atoms with Gasteiger partial charge in [-0.05, 0) is 34.7 Å². The smallest absolute Gasteiger partial charge is 0.305 e. The summed E-state index contributed by atoms with van der Waals surface area (Å²) in [5.41, 5.74) is 5.85. The number of hydrogen-bond donors (Lipinski definition) is 2. The molecular weight excluding hydrogens is 300 g/mol. The molecule has 1 unspecified atom stereocenters. The van der Waals surface area contributed by atoms with E-state index in [1.165, 1.54) is 6.07 Å². The van der Waals surface area contributed by atoms with E-state index >= 15 is 0 Å². The number of nitrogens with two attached hydrogens (primary N) is 1. The first kappa shape index (κ1) is 11.4. The van der Waals surface area contributed by atoms with Gasteiger partial charge in [-0.2, -0.15) is 0 Å². The van der Waals surface area contributed by atoms with Gasteiger partial charge in [0.25, 0.3) is 0 Å². The summed E-state index contributed by atoms with van der Waals surface area (Å²) < 4.78 is 13.9. The van der Waals surface area contributed by atoms with E-state index in [1.807, 2.05) is 22.6 Å². The van der Waals surface area contributed by atoms with E-state index in [0.717, 1.165) is 0 Å². The lowest BCUT2D eigenvalue weighted by Gasteiger charge is -2.12. The SMILES string of the molecule is NC(CC(=O)O)c1c(F)cccc1I. The van der Waals surface area contributed by atoms with Crippen LogP contribution in [0.15, 0.2) is 18.2 Å². The first-order valence-corrected chi connectivity index (χ1v) is 5.01. The first-order chi connectivity index (χ1) is 6.52. The van der Waals surface area contributed by atoms with Gasteiger partial charge in [-0.3, -0.25) is 4.79 Å². The molecule has 1 aromatic rings. The molecule has 14 heavy (non-hydrogen) atoms. The Morgan fingerprint density at radius 2 is 2.29 bits per heavy atom. The van der Waals surface area contributed by atoms with Gasteiger partial charge < -0.3 is 10.8 Å². The minimum atomic E-state index is -1.03. The molecule has 0 saturated heterocycles. The number of benzene rings is 1. The molecule has 0 aromatic heterocycles. The van der Waals surface area contributed by atoms with Crippen molar-refractivity contribution in [3.05, 3.63) is 33.1 Å². The van der Waals surface area contributed by atoms with Crippen LogP contribution in [0.1, 0.15) is 18.0 Å². The molecule has 5 heteroatoms. The zero-order valence-corrected chi connectivity index (χ0v) is 9.36. The molecule has 76 valence electrons. The summed E-state index contributed by atoms with van der Waals surface area (Å²) >= 11 is 1.94. The number of hydrogen-bond acceptors (Lipinski definition) is 2. The Hall–Kier alpha value is -0.690. The lowest BCUT2D eigenvalue weighted by Crippen LogP contribution is -2.17. The van der Waals surface area contributed by atoms with E-state index in [4.69, 9.17) is 10.8 Å². The highest BCUT2D eigenvalue weighted by Gasteiger charge is 2.17. The van der Waals surface area contributed by atoms with E-state index in [1.54, 1.807) is 12.1 Å². The second-order valence-corrected chi connectivity index (χ2v) is 4.00. The fraction of sp³-hybridized carbons (Fsp3) is 0.222. The van der Waals surface area contributed by atoms with E-state index in [2.05, 4.69) is 0 Å². The molecule has 3 N–H and O–H groups in total. The highest BCUT2D eigenvalue weighted by molar-refractivity contribution is 14.1. The van der Waals surface area contributed by atoms with Gasteiger partial charge in [0, 0.05) is 15.2 Å². The Labute approximate surface area is 94.2 Å². The van der Waals surface area contributed by atoms with Crippen molar-refractivity contribution in [3.63, 3.8) is 0 Å². The molecule has 0 saturated carbocycles. The lowest BCUT2D eigenvalue weighted by molar-refractivity contribution is -0.137. The summed E-state index contributed by atoms with van der Waals surface area (Å²) in [6.45, 7) is 0. The number of carbonyl (C=O) groups is 1. The van der Waals surface area contributed by atoms with Crippen LogP contribution < -0.4 is 5.73 Å². The van der Waals surface area contributed by atoms with Crippen molar-refractivity contribution in [2.24, 2.45) is 5.73 Å². The van der Waals surface area contributed by atoms with Crippen molar-refractivity contribution in [3.8, 4) is 0 Å². The van der Waals surface area contributed by atoms with Crippen LogP contribution in [-0.4, -0.2) is 11.1 Å². The van der Waals surface area contributed by atoms with Crippen LogP contribution in [0, 0.1) is 9.39 Å². The summed E-state index contributed by atoms with van der Waals surface area (Å²) in [6.07, 6.45) is -0.267. The second kappa shape index (κ2) is 4.70. The van der Waals surface area contributed by atoms with Gasteiger partial charge in [-0.15, -0.1) is 0 Å². The van der Waals surface area contributed by atoms with Crippen molar-refractivity contribution >= 4 is 28.6 Å². The summed E-state index contributed by atoms with van der Waals surface area (Å²) in [6, 6.07) is 3.74. The first-order valence-electron chi connectivity index (χ1n) is 3.93. The maximum atomic E-state index is 13.3. The molecular formula is C9H9FINO2. The average Bonchev–Trinajstić information content (AvgIpc) is 2.01. The van der Waals surface area contributed by atoms with Crippen molar-refractivity contribution < 1.29 is 14.3 Å². The van der Waals surface area contributed by atoms with Gasteiger partial charge in [-0.1, -0.05) is 6.07 Å². The van der Waals surface area contributed by atoms with Crippen LogP contribution in [0.4, 0.5) is 4.39 Å². The number of aliphatic carboxylic acids is 1. The van der Waals surface area contributed by atoms with Crippen molar-refractivity contribution in [1.82, 2.24) is 0 Å². The highest BCUT2D eigenvalue weighted by Crippen LogP contribution is 2.23. The summed E-state index contributed by atoms with van der Waals surface area (Å²) in [4.78, 5) is 10.4. The highest BCUT2D eigenvalue weighted by atomic mass is 127. The Morgan fingerprint density at radius 1 is 1.64 bits per heavy atom. The van der Waals surface area contributed by atoms with Gasteiger partial charge in [0.15, 0.2) is 0 Å². The Morgan fingerprint density at radius 3 is 2.79 bits per heavy atom. The third kappa shape index (κ3) is 2.65. The summed E-state index contributed by atoms with van der Waals surface area (Å²) in [7, 11) is 0. The molecule has 0 aliphatic carbocycles. The predicted octanol–water partition coefficient (Wildman–Crippen LogP) is 1.90. The monoisotopic (exact) mass is 309 g/mol. The molecule has 0 amide bonds. The van der Waals surface area contributed by atoms with E-state index < -0.39 is 17.8 Å². The van der Waals surface area contributed by atoms with Gasteiger partial charge in [0.1, 0.15) is 5.82 Å². The number of carboxylic acid groups (broad SMARTS) is 1. The molecule has 3 nitrogen and oxygen atoms in total. The van der Waals surface area contributed by atoms with Crippen molar-refractivity contribution in [2.45, 2.75) is 12.5 Å². The van der Waals surface area contributed by atoms with E-state index in [9.17, 15) is 9.18 Å². The van der Waals surface area contributed by atoms with E-state index in [0.29, 0.717) is 3.57 Å². The molecule has 1 atom stereocenters. The Kier molecular flexibility index (Phi) is 3.82. The van der Waals surface area contributed by atoms with Gasteiger partial charge in [0.2, 0.25) is 0 Å². The molecule has 0 radical (unpaired) electrons. The fourth-order valence-electron chi connectivity index (χ4n) is 1.16. The maximum absolute atomic E-state index is 13.3. The predicted molar refractivity (Wildman–Crippen MR) is 58.3 cm³/mol. The van der Waals surface area contributed by atoms with Crippen LogP contribution >= 0.6 is 22.6 Å². The molecule has 0 spiro atoms. The van der Waals surface area contributed by atoms with Gasteiger partial charge >= 0.3 is 5.97 Å². The minimum absolute atomic E-state index is 0.267. The minimum Gasteiger partial charge on any atom is -0.481 e. The molecule has 0 fully saturated rings. The molecule has 0 aliphatic rings. The topological polar surface area (TPSA) is 63.3 Å². The largest absolute Gasteiger partial charge is 0.481 e. The summed E-state index contributed by atoms with van der Waals surface area (Å²) in [5, 5.41) is 8.52. The van der Waals surface area contributed by atoms with Crippen LogP contribution in [0.3, 0.4) is 0 Å². The quantitative estimate of drug-likeness (QED) is 0.838. The molecule has 1 rings (SSSR count). The summed E-state index contributed by atoms with van der Waals surface area (Å²) in [5.74, 6) is -1.48. The van der Waals surface area contributed by atoms with Crippen LogP contribution in [0.25, 0.3) is 0 Å². The van der Waals surface area contributed by atoms with Crippen LogP contribution in [0.5, 0.6) is 0 Å². The molecule has 1 aromatic carbocycles. The number of rotatable bonds is 3. The molecule has 0 bridgehead atoms. The van der Waals surface area contributed by atoms with Crippen LogP contribution in [-0.2, 0) is 4.79 Å². The average molecular weight is 309 g/mol. The lowest BCUT2D eigenvalue weighted by atomic mass is 10.0. The zero-order chi connectivity index (χ0) is 10.7. The molecule has 0 aliphatic heterocycles. The maximum Gasteiger partial charge on any atom is 0.305 e. The standard InChI is InChI=1S/C9H9FINO2/c10-5-2-1-3-6(11)9(5)7(12)4-8(13)14/h1-3,7H,4,12H2,(H,13,14). The molecule has 0 heterocycles. The third-order valence-corrected chi connectivity index (χ3v) is 2.71. The van der Waals surface area contributed by atoms with Gasteiger partial charge in [-0.25, -0.2) is 4.39 Å². The third-order valence-electron chi connectivity index (χ3n) is 1.77. The Balaban J connectivity index is 2.99.